The molecule has 1 N–H and O–H groups in total. The van der Waals surface area contributed by atoms with E-state index in [1.807, 2.05) is 13.8 Å². The largest absolute Gasteiger partial charge is 0.480 e. The van der Waals surface area contributed by atoms with Crippen LogP contribution >= 0.6 is 0 Å². The number of amides is 2. The van der Waals surface area contributed by atoms with Gasteiger partial charge in [0, 0.05) is 0 Å². The summed E-state index contributed by atoms with van der Waals surface area (Å²) < 4.78 is 1.17. The van der Waals surface area contributed by atoms with Crippen molar-refractivity contribution in [2.45, 2.75) is 32.9 Å². The van der Waals surface area contributed by atoms with E-state index < -0.39 is 23.8 Å². The number of tetrazole rings is 1. The van der Waals surface area contributed by atoms with E-state index in [0.717, 1.165) is 4.90 Å². The van der Waals surface area contributed by atoms with Crippen LogP contribution in [0.15, 0.2) is 24.3 Å². The summed E-state index contributed by atoms with van der Waals surface area (Å²) >= 11 is 0. The van der Waals surface area contributed by atoms with Gasteiger partial charge in [0.25, 0.3) is 11.8 Å². The van der Waals surface area contributed by atoms with Gasteiger partial charge in [-0.15, -0.1) is 5.10 Å². The smallest absolute Gasteiger partial charge is 0.328 e. The third kappa shape index (κ3) is 3.00. The molecule has 130 valence electrons. The van der Waals surface area contributed by atoms with Crippen molar-refractivity contribution in [2.75, 3.05) is 0 Å². The van der Waals surface area contributed by atoms with E-state index in [4.69, 9.17) is 0 Å². The van der Waals surface area contributed by atoms with Gasteiger partial charge in [0.05, 0.1) is 17.7 Å². The predicted molar refractivity (Wildman–Crippen MR) is 84.6 cm³/mol. The van der Waals surface area contributed by atoms with E-state index in [1.165, 1.54) is 4.68 Å². The number of imide groups is 1. The van der Waals surface area contributed by atoms with E-state index in [-0.39, 0.29) is 18.3 Å². The molecule has 0 saturated carbocycles. The summed E-state index contributed by atoms with van der Waals surface area (Å²) in [6, 6.07) is 5.57. The fourth-order valence-corrected chi connectivity index (χ4v) is 2.83. The zero-order valence-electron chi connectivity index (χ0n) is 13.8. The second-order valence-corrected chi connectivity index (χ2v) is 6.27. The molecule has 1 unspecified atom stereocenters. The lowest BCUT2D eigenvalue weighted by atomic mass is 10.0. The van der Waals surface area contributed by atoms with Crippen LogP contribution in [0, 0.1) is 5.92 Å². The normalized spacial score (nSPS) is 14.9. The second kappa shape index (κ2) is 6.42. The molecular weight excluding hydrogens is 326 g/mol. The van der Waals surface area contributed by atoms with Crippen LogP contribution in [0.25, 0.3) is 0 Å². The summed E-state index contributed by atoms with van der Waals surface area (Å²) in [6.07, 6.45) is 0.329. The molecule has 2 amide bonds. The quantitative estimate of drug-likeness (QED) is 0.781. The van der Waals surface area contributed by atoms with Crippen LogP contribution < -0.4 is 0 Å². The fourth-order valence-electron chi connectivity index (χ4n) is 2.83. The van der Waals surface area contributed by atoms with Crippen LogP contribution in [0.2, 0.25) is 0 Å². The summed E-state index contributed by atoms with van der Waals surface area (Å²) in [5.74, 6) is -1.68. The van der Waals surface area contributed by atoms with Gasteiger partial charge in [-0.05, 0) is 34.9 Å². The summed E-state index contributed by atoms with van der Waals surface area (Å²) in [7, 11) is 0. The first-order chi connectivity index (χ1) is 11.9. The van der Waals surface area contributed by atoms with Gasteiger partial charge in [0.15, 0.2) is 11.9 Å². The van der Waals surface area contributed by atoms with Crippen LogP contribution in [0.4, 0.5) is 0 Å². The fraction of sp³-hybridized carbons (Fsp3) is 0.375. The summed E-state index contributed by atoms with van der Waals surface area (Å²) in [6.45, 7) is 3.61. The van der Waals surface area contributed by atoms with Crippen molar-refractivity contribution in [3.8, 4) is 0 Å². The standard InChI is InChI=1S/C16H17N5O4/c1-9(2)7-12(16(24)25)21-13(17-18-19-21)8-20-14(22)10-5-3-4-6-11(10)15(20)23/h3-6,9,12H,7-8H2,1-2H3,(H,24,25). The number of aliphatic carboxylic acids is 1. The number of fused-ring (bicyclic) bond motifs is 1. The minimum Gasteiger partial charge on any atom is -0.480 e. The van der Waals surface area contributed by atoms with Crippen LogP contribution in [-0.4, -0.2) is 48.0 Å². The van der Waals surface area contributed by atoms with Gasteiger partial charge in [-0.1, -0.05) is 26.0 Å². The number of rotatable bonds is 6. The number of carboxylic acid groups (broad SMARTS) is 1. The Morgan fingerprint density at radius 1 is 1.16 bits per heavy atom. The molecule has 25 heavy (non-hydrogen) atoms. The van der Waals surface area contributed by atoms with E-state index in [2.05, 4.69) is 15.5 Å². The van der Waals surface area contributed by atoms with Gasteiger partial charge < -0.3 is 5.11 Å². The number of aromatic nitrogens is 4. The molecule has 1 aliphatic rings. The van der Waals surface area contributed by atoms with Crippen molar-refractivity contribution in [1.29, 1.82) is 0 Å². The third-order valence-electron chi connectivity index (χ3n) is 4.01. The Balaban J connectivity index is 1.88. The van der Waals surface area contributed by atoms with Gasteiger partial charge in [-0.2, -0.15) is 0 Å². The molecule has 2 heterocycles. The summed E-state index contributed by atoms with van der Waals surface area (Å²) in [4.78, 5) is 37.5. The zero-order valence-corrected chi connectivity index (χ0v) is 13.8. The number of benzene rings is 1. The molecule has 1 aromatic heterocycles. The Morgan fingerprint density at radius 2 is 1.76 bits per heavy atom. The molecule has 2 aromatic rings. The van der Waals surface area contributed by atoms with Crippen molar-refractivity contribution < 1.29 is 19.5 Å². The van der Waals surface area contributed by atoms with E-state index in [0.29, 0.717) is 17.5 Å². The van der Waals surface area contributed by atoms with E-state index in [1.54, 1.807) is 24.3 Å². The van der Waals surface area contributed by atoms with Gasteiger partial charge in [-0.25, -0.2) is 9.48 Å². The van der Waals surface area contributed by atoms with Crippen LogP contribution in [0.5, 0.6) is 0 Å². The second-order valence-electron chi connectivity index (χ2n) is 6.27. The molecule has 1 aliphatic heterocycles. The lowest BCUT2D eigenvalue weighted by molar-refractivity contribution is -0.141. The number of carbonyl (C=O) groups is 3. The predicted octanol–water partition coefficient (Wildman–Crippen LogP) is 1.14. The molecule has 9 nitrogen and oxygen atoms in total. The highest BCUT2D eigenvalue weighted by molar-refractivity contribution is 6.21. The Morgan fingerprint density at radius 3 is 2.28 bits per heavy atom. The van der Waals surface area contributed by atoms with Crippen LogP contribution in [-0.2, 0) is 11.3 Å². The minimum atomic E-state index is -1.07. The molecule has 1 atom stereocenters. The maximum atomic E-state index is 12.4. The molecule has 3 rings (SSSR count). The average molecular weight is 343 g/mol. The Kier molecular flexibility index (Phi) is 4.30. The van der Waals surface area contributed by atoms with Crippen molar-refractivity contribution in [3.63, 3.8) is 0 Å². The first-order valence-corrected chi connectivity index (χ1v) is 7.85. The van der Waals surface area contributed by atoms with Crippen molar-refractivity contribution >= 4 is 17.8 Å². The van der Waals surface area contributed by atoms with Crippen molar-refractivity contribution in [1.82, 2.24) is 25.1 Å². The number of carbonyl (C=O) groups excluding carboxylic acids is 2. The zero-order chi connectivity index (χ0) is 18.1. The van der Waals surface area contributed by atoms with Crippen molar-refractivity contribution in [2.24, 2.45) is 5.92 Å². The van der Waals surface area contributed by atoms with Crippen LogP contribution in [0.3, 0.4) is 0 Å². The molecular formula is C16H17N5O4. The average Bonchev–Trinajstić information content (AvgIpc) is 3.12. The van der Waals surface area contributed by atoms with E-state index >= 15 is 0 Å². The van der Waals surface area contributed by atoms with Gasteiger partial charge >= 0.3 is 5.97 Å². The lowest BCUT2D eigenvalue weighted by Crippen LogP contribution is -2.32. The number of hydrogen-bond acceptors (Lipinski definition) is 6. The Labute approximate surface area is 143 Å². The first kappa shape index (κ1) is 16.7. The number of hydrogen-bond donors (Lipinski definition) is 1. The van der Waals surface area contributed by atoms with E-state index in [9.17, 15) is 19.5 Å². The van der Waals surface area contributed by atoms with Gasteiger partial charge in [0.1, 0.15) is 0 Å². The molecule has 0 fully saturated rings. The monoisotopic (exact) mass is 343 g/mol. The van der Waals surface area contributed by atoms with Crippen LogP contribution in [0.1, 0.15) is 52.9 Å². The topological polar surface area (TPSA) is 118 Å². The SMILES string of the molecule is CC(C)CC(C(=O)O)n1nnnc1CN1C(=O)c2ccccc2C1=O. The minimum absolute atomic E-state index is 0.109. The van der Waals surface area contributed by atoms with Crippen molar-refractivity contribution in [3.05, 3.63) is 41.2 Å². The molecule has 0 bridgehead atoms. The lowest BCUT2D eigenvalue weighted by Gasteiger charge is -2.18. The number of nitrogens with zero attached hydrogens (tertiary/aromatic N) is 5. The Bertz CT molecular complexity index is 810. The summed E-state index contributed by atoms with van der Waals surface area (Å²) in [5.41, 5.74) is 0.645. The third-order valence-corrected chi connectivity index (χ3v) is 4.01. The number of carboxylic acids is 1. The molecule has 0 spiro atoms. The Hall–Kier alpha value is -3.10. The highest BCUT2D eigenvalue weighted by Gasteiger charge is 2.37. The highest BCUT2D eigenvalue weighted by atomic mass is 16.4. The summed E-state index contributed by atoms with van der Waals surface area (Å²) in [5, 5.41) is 20.6. The molecule has 0 radical (unpaired) electrons. The molecule has 0 saturated heterocycles. The van der Waals surface area contributed by atoms with Gasteiger partial charge in [0.2, 0.25) is 0 Å². The maximum absolute atomic E-state index is 12.4. The first-order valence-electron chi connectivity index (χ1n) is 7.85. The maximum Gasteiger partial charge on any atom is 0.328 e. The van der Waals surface area contributed by atoms with Gasteiger partial charge in [-0.3, -0.25) is 14.5 Å². The highest BCUT2D eigenvalue weighted by Crippen LogP contribution is 2.25. The molecule has 9 heteroatoms. The molecule has 0 aliphatic carbocycles. The molecule has 1 aromatic carbocycles.